The summed E-state index contributed by atoms with van der Waals surface area (Å²) in [6, 6.07) is 8.65. The molecular weight excluding hydrogens is 234 g/mol. The molecule has 2 unspecified atom stereocenters. The summed E-state index contributed by atoms with van der Waals surface area (Å²) < 4.78 is 0. The maximum Gasteiger partial charge on any atom is 0.0445 e. The fourth-order valence-electron chi connectivity index (χ4n) is 2.02. The third-order valence-electron chi connectivity index (χ3n) is 3.07. The van der Waals surface area contributed by atoms with E-state index in [0.29, 0.717) is 12.1 Å². The molecule has 2 N–H and O–H groups in total. The van der Waals surface area contributed by atoms with Crippen LogP contribution in [0.25, 0.3) is 0 Å². The highest BCUT2D eigenvalue weighted by molar-refractivity contribution is 6.30. The van der Waals surface area contributed by atoms with Gasteiger partial charge in [0.05, 0.1) is 0 Å². The summed E-state index contributed by atoms with van der Waals surface area (Å²) in [5, 5.41) is 13.4. The molecule has 0 fully saturated rings. The van der Waals surface area contributed by atoms with E-state index in [1.165, 1.54) is 5.56 Å². The second-order valence-electron chi connectivity index (χ2n) is 4.30. The van der Waals surface area contributed by atoms with Gasteiger partial charge in [-0.15, -0.1) is 0 Å². The molecule has 2 nitrogen and oxygen atoms in total. The van der Waals surface area contributed by atoms with Crippen LogP contribution in [0.5, 0.6) is 0 Å². The molecule has 0 aliphatic heterocycles. The highest BCUT2D eigenvalue weighted by Gasteiger charge is 2.14. The summed E-state index contributed by atoms with van der Waals surface area (Å²) in [5.41, 5.74) is 1.22. The molecular formula is C14H22ClNO. The highest BCUT2D eigenvalue weighted by atomic mass is 35.5. The first kappa shape index (κ1) is 14.5. The van der Waals surface area contributed by atoms with Crippen molar-refractivity contribution >= 4 is 11.6 Å². The molecule has 1 aromatic rings. The number of halogens is 1. The van der Waals surface area contributed by atoms with Gasteiger partial charge in [0.25, 0.3) is 0 Å². The SMILES string of the molecule is CCC(CCO)NC(CC)c1cccc(Cl)c1. The molecule has 0 radical (unpaired) electrons. The molecule has 3 heteroatoms. The van der Waals surface area contributed by atoms with E-state index in [1.807, 2.05) is 18.2 Å². The van der Waals surface area contributed by atoms with Crippen LogP contribution in [-0.2, 0) is 0 Å². The van der Waals surface area contributed by atoms with Gasteiger partial charge in [0, 0.05) is 23.7 Å². The molecule has 0 saturated carbocycles. The number of aliphatic hydroxyl groups excluding tert-OH is 1. The lowest BCUT2D eigenvalue weighted by Gasteiger charge is -2.24. The molecule has 0 aliphatic rings. The van der Waals surface area contributed by atoms with E-state index in [1.54, 1.807) is 0 Å². The van der Waals surface area contributed by atoms with Crippen molar-refractivity contribution < 1.29 is 5.11 Å². The van der Waals surface area contributed by atoms with Crippen LogP contribution in [0.15, 0.2) is 24.3 Å². The standard InChI is InChI=1S/C14H22ClNO/c1-3-13(8-9-17)16-14(4-2)11-6-5-7-12(15)10-11/h5-7,10,13-14,16-17H,3-4,8-9H2,1-2H3. The summed E-state index contributed by atoms with van der Waals surface area (Å²) in [6.45, 7) is 4.53. The molecule has 0 amide bonds. The number of hydrogen-bond donors (Lipinski definition) is 2. The van der Waals surface area contributed by atoms with Gasteiger partial charge in [-0.3, -0.25) is 0 Å². The van der Waals surface area contributed by atoms with Gasteiger partial charge in [-0.25, -0.2) is 0 Å². The first-order chi connectivity index (χ1) is 8.21. The molecule has 96 valence electrons. The summed E-state index contributed by atoms with van der Waals surface area (Å²) in [6.07, 6.45) is 2.84. The zero-order valence-corrected chi connectivity index (χ0v) is 11.4. The minimum absolute atomic E-state index is 0.234. The highest BCUT2D eigenvalue weighted by Crippen LogP contribution is 2.21. The Hall–Kier alpha value is -0.570. The molecule has 0 spiro atoms. The van der Waals surface area contributed by atoms with Gasteiger partial charge in [-0.2, -0.15) is 0 Å². The van der Waals surface area contributed by atoms with Gasteiger partial charge in [0.2, 0.25) is 0 Å². The maximum atomic E-state index is 9.01. The van der Waals surface area contributed by atoms with Crippen LogP contribution in [0, 0.1) is 0 Å². The van der Waals surface area contributed by atoms with Crippen molar-refractivity contribution in [3.63, 3.8) is 0 Å². The van der Waals surface area contributed by atoms with E-state index < -0.39 is 0 Å². The Kier molecular flexibility index (Phi) is 6.56. The molecule has 17 heavy (non-hydrogen) atoms. The van der Waals surface area contributed by atoms with E-state index >= 15 is 0 Å². The third-order valence-corrected chi connectivity index (χ3v) is 3.30. The van der Waals surface area contributed by atoms with Gasteiger partial charge in [-0.05, 0) is 37.0 Å². The fraction of sp³-hybridized carbons (Fsp3) is 0.571. The number of hydrogen-bond acceptors (Lipinski definition) is 2. The molecule has 0 bridgehead atoms. The zero-order chi connectivity index (χ0) is 12.7. The van der Waals surface area contributed by atoms with Crippen LogP contribution in [0.1, 0.15) is 44.7 Å². The van der Waals surface area contributed by atoms with Gasteiger partial charge >= 0.3 is 0 Å². The van der Waals surface area contributed by atoms with Crippen LogP contribution < -0.4 is 5.32 Å². The lowest BCUT2D eigenvalue weighted by atomic mass is 10.0. The van der Waals surface area contributed by atoms with Gasteiger partial charge in [0.15, 0.2) is 0 Å². The molecule has 1 aromatic carbocycles. The second-order valence-corrected chi connectivity index (χ2v) is 4.74. The number of nitrogens with one attached hydrogen (secondary N) is 1. The van der Waals surface area contributed by atoms with Crippen molar-refractivity contribution in [2.45, 2.75) is 45.2 Å². The van der Waals surface area contributed by atoms with E-state index in [-0.39, 0.29) is 6.61 Å². The second kappa shape index (κ2) is 7.70. The van der Waals surface area contributed by atoms with Crippen molar-refractivity contribution in [1.29, 1.82) is 0 Å². The Morgan fingerprint density at radius 2 is 2.06 bits per heavy atom. The Morgan fingerprint density at radius 3 is 2.59 bits per heavy atom. The van der Waals surface area contributed by atoms with Crippen LogP contribution >= 0.6 is 11.6 Å². The topological polar surface area (TPSA) is 32.3 Å². The Morgan fingerprint density at radius 1 is 1.29 bits per heavy atom. The normalized spacial score (nSPS) is 14.6. The zero-order valence-electron chi connectivity index (χ0n) is 10.6. The molecule has 0 saturated heterocycles. The van der Waals surface area contributed by atoms with Crippen molar-refractivity contribution in [2.24, 2.45) is 0 Å². The van der Waals surface area contributed by atoms with Crippen LogP contribution in [0.3, 0.4) is 0 Å². The summed E-state index contributed by atoms with van der Waals surface area (Å²) in [5.74, 6) is 0. The first-order valence-corrected chi connectivity index (χ1v) is 6.71. The number of aliphatic hydroxyl groups is 1. The summed E-state index contributed by atoms with van der Waals surface area (Å²) in [7, 11) is 0. The van der Waals surface area contributed by atoms with E-state index in [2.05, 4.69) is 25.2 Å². The largest absolute Gasteiger partial charge is 0.396 e. The molecule has 2 atom stereocenters. The van der Waals surface area contributed by atoms with Crippen LogP contribution in [0.4, 0.5) is 0 Å². The van der Waals surface area contributed by atoms with Crippen molar-refractivity contribution in [3.8, 4) is 0 Å². The average Bonchev–Trinajstić information content (AvgIpc) is 2.34. The predicted molar refractivity (Wildman–Crippen MR) is 73.4 cm³/mol. The third kappa shape index (κ3) is 4.66. The van der Waals surface area contributed by atoms with Crippen molar-refractivity contribution in [1.82, 2.24) is 5.32 Å². The minimum atomic E-state index is 0.234. The molecule has 0 heterocycles. The Bertz CT molecular complexity index is 330. The summed E-state index contributed by atoms with van der Waals surface area (Å²) >= 11 is 6.01. The lowest BCUT2D eigenvalue weighted by Crippen LogP contribution is -2.33. The minimum Gasteiger partial charge on any atom is -0.396 e. The van der Waals surface area contributed by atoms with Gasteiger partial charge in [0.1, 0.15) is 0 Å². The van der Waals surface area contributed by atoms with Gasteiger partial charge < -0.3 is 10.4 Å². The predicted octanol–water partition coefficient (Wildman–Crippen LogP) is 3.54. The number of benzene rings is 1. The van der Waals surface area contributed by atoms with Crippen molar-refractivity contribution in [3.05, 3.63) is 34.9 Å². The monoisotopic (exact) mass is 255 g/mol. The van der Waals surface area contributed by atoms with E-state index in [0.717, 1.165) is 24.3 Å². The first-order valence-electron chi connectivity index (χ1n) is 6.33. The molecule has 0 aliphatic carbocycles. The fourth-order valence-corrected chi connectivity index (χ4v) is 2.22. The lowest BCUT2D eigenvalue weighted by molar-refractivity contribution is 0.254. The van der Waals surface area contributed by atoms with Crippen LogP contribution in [-0.4, -0.2) is 17.8 Å². The number of rotatable bonds is 7. The van der Waals surface area contributed by atoms with E-state index in [4.69, 9.17) is 16.7 Å². The smallest absolute Gasteiger partial charge is 0.0445 e. The summed E-state index contributed by atoms with van der Waals surface area (Å²) in [4.78, 5) is 0. The van der Waals surface area contributed by atoms with Gasteiger partial charge in [-0.1, -0.05) is 37.6 Å². The average molecular weight is 256 g/mol. The van der Waals surface area contributed by atoms with Crippen molar-refractivity contribution in [2.75, 3.05) is 6.61 Å². The Labute approximate surface area is 109 Å². The molecule has 1 rings (SSSR count). The van der Waals surface area contributed by atoms with E-state index in [9.17, 15) is 0 Å². The maximum absolute atomic E-state index is 9.01. The van der Waals surface area contributed by atoms with Crippen LogP contribution in [0.2, 0.25) is 5.02 Å². The molecule has 0 aromatic heterocycles. The Balaban J connectivity index is 2.70. The quantitative estimate of drug-likeness (QED) is 0.781.